The second-order valence-electron chi connectivity index (χ2n) is 7.10. The molecule has 0 saturated carbocycles. The van der Waals surface area contributed by atoms with Crippen LogP contribution in [0.3, 0.4) is 0 Å². The van der Waals surface area contributed by atoms with Crippen LogP contribution in [-0.2, 0) is 11.3 Å². The number of carbonyl (C=O) groups excluding carboxylic acids is 1. The standard InChI is InChI=1S/C22H20ClN5O2/c1-13-3-5-15(6-4-13)12-28-21(23)17(14(2)27-28)8-10-20(29)24-16-7-9-18-19(11-16)26-22(30)25-18/h3-11H,12H2,1-2H3,(H,24,29)(H2,25,26,30)/b10-8+. The predicted molar refractivity (Wildman–Crippen MR) is 119 cm³/mol. The minimum absolute atomic E-state index is 0.291. The molecular weight excluding hydrogens is 402 g/mol. The Kier molecular flexibility index (Phi) is 5.29. The van der Waals surface area contributed by atoms with Gasteiger partial charge in [-0.1, -0.05) is 41.4 Å². The first-order valence-corrected chi connectivity index (χ1v) is 9.76. The first-order valence-electron chi connectivity index (χ1n) is 9.38. The SMILES string of the molecule is Cc1ccc(Cn2nc(C)c(/C=C/C(=O)Nc3ccc4[nH]c(=O)[nH]c4c3)c2Cl)cc1. The van der Waals surface area contributed by atoms with E-state index in [0.29, 0.717) is 34.0 Å². The molecule has 30 heavy (non-hydrogen) atoms. The predicted octanol–water partition coefficient (Wildman–Crippen LogP) is 4.02. The first-order chi connectivity index (χ1) is 14.4. The van der Waals surface area contributed by atoms with Gasteiger partial charge in [0, 0.05) is 17.3 Å². The van der Waals surface area contributed by atoms with E-state index in [2.05, 4.69) is 20.4 Å². The van der Waals surface area contributed by atoms with E-state index in [4.69, 9.17) is 11.6 Å². The fourth-order valence-electron chi connectivity index (χ4n) is 3.18. The van der Waals surface area contributed by atoms with Crippen molar-refractivity contribution in [1.82, 2.24) is 19.7 Å². The van der Waals surface area contributed by atoms with Crippen LogP contribution in [0, 0.1) is 13.8 Å². The zero-order valence-corrected chi connectivity index (χ0v) is 17.2. The van der Waals surface area contributed by atoms with Crippen molar-refractivity contribution in [3.8, 4) is 0 Å². The number of hydrogen-bond donors (Lipinski definition) is 3. The van der Waals surface area contributed by atoms with Crippen LogP contribution in [-0.4, -0.2) is 25.7 Å². The van der Waals surface area contributed by atoms with E-state index in [1.54, 1.807) is 29.0 Å². The van der Waals surface area contributed by atoms with Gasteiger partial charge in [0.05, 0.1) is 23.3 Å². The maximum Gasteiger partial charge on any atom is 0.323 e. The summed E-state index contributed by atoms with van der Waals surface area (Å²) in [4.78, 5) is 29.0. The number of H-pyrrole nitrogens is 2. The normalized spacial score (nSPS) is 11.4. The van der Waals surface area contributed by atoms with E-state index >= 15 is 0 Å². The molecule has 152 valence electrons. The highest BCUT2D eigenvalue weighted by molar-refractivity contribution is 6.31. The molecule has 3 N–H and O–H groups in total. The fraction of sp³-hybridized carbons (Fsp3) is 0.136. The number of amides is 1. The third-order valence-electron chi connectivity index (χ3n) is 4.75. The van der Waals surface area contributed by atoms with Gasteiger partial charge in [-0.3, -0.25) is 4.79 Å². The topological polar surface area (TPSA) is 95.6 Å². The lowest BCUT2D eigenvalue weighted by Crippen LogP contribution is -2.07. The summed E-state index contributed by atoms with van der Waals surface area (Å²) in [6.45, 7) is 4.44. The Morgan fingerprint density at radius 3 is 2.63 bits per heavy atom. The lowest BCUT2D eigenvalue weighted by atomic mass is 10.1. The third-order valence-corrected chi connectivity index (χ3v) is 5.15. The molecule has 2 aromatic carbocycles. The van der Waals surface area contributed by atoms with Crippen LogP contribution in [0.5, 0.6) is 0 Å². The minimum atomic E-state index is -0.311. The molecule has 0 bridgehead atoms. The van der Waals surface area contributed by atoms with Crippen LogP contribution in [0.1, 0.15) is 22.4 Å². The molecule has 0 aliphatic heterocycles. The van der Waals surface area contributed by atoms with Gasteiger partial charge in [0.15, 0.2) is 0 Å². The molecule has 8 heteroatoms. The number of anilines is 1. The van der Waals surface area contributed by atoms with Crippen LogP contribution in [0.25, 0.3) is 17.1 Å². The molecule has 0 aliphatic carbocycles. The maximum absolute atomic E-state index is 12.3. The van der Waals surface area contributed by atoms with Crippen LogP contribution in [0.4, 0.5) is 5.69 Å². The van der Waals surface area contributed by atoms with Gasteiger partial charge in [-0.05, 0) is 43.7 Å². The Labute approximate surface area is 177 Å². The molecule has 0 aliphatic rings. The number of carbonyl (C=O) groups is 1. The van der Waals surface area contributed by atoms with E-state index in [-0.39, 0.29) is 11.6 Å². The average Bonchev–Trinajstić information content (AvgIpc) is 3.20. The van der Waals surface area contributed by atoms with Crippen molar-refractivity contribution in [1.29, 1.82) is 0 Å². The van der Waals surface area contributed by atoms with Gasteiger partial charge in [0.1, 0.15) is 5.15 Å². The summed E-state index contributed by atoms with van der Waals surface area (Å²) < 4.78 is 1.72. The number of aryl methyl sites for hydroxylation is 2. The van der Waals surface area contributed by atoms with Crippen molar-refractivity contribution in [3.05, 3.63) is 86.6 Å². The molecule has 0 atom stereocenters. The number of nitrogens with one attached hydrogen (secondary N) is 3. The van der Waals surface area contributed by atoms with E-state index in [9.17, 15) is 9.59 Å². The summed E-state index contributed by atoms with van der Waals surface area (Å²) in [7, 11) is 0. The Morgan fingerprint density at radius 2 is 1.87 bits per heavy atom. The molecule has 7 nitrogen and oxygen atoms in total. The summed E-state index contributed by atoms with van der Waals surface area (Å²) in [6, 6.07) is 13.3. The van der Waals surface area contributed by atoms with Crippen LogP contribution in [0.2, 0.25) is 5.15 Å². The van der Waals surface area contributed by atoms with Gasteiger partial charge in [0.25, 0.3) is 0 Å². The number of halogens is 1. The van der Waals surface area contributed by atoms with Crippen molar-refractivity contribution in [2.24, 2.45) is 0 Å². The summed E-state index contributed by atoms with van der Waals surface area (Å²) in [5.74, 6) is -0.311. The Balaban J connectivity index is 1.48. The third kappa shape index (κ3) is 4.21. The van der Waals surface area contributed by atoms with Crippen LogP contribution in [0.15, 0.2) is 53.3 Å². The minimum Gasteiger partial charge on any atom is -0.322 e. The number of benzene rings is 2. The lowest BCUT2D eigenvalue weighted by Gasteiger charge is -2.04. The Morgan fingerprint density at radius 1 is 1.13 bits per heavy atom. The van der Waals surface area contributed by atoms with E-state index < -0.39 is 0 Å². The fourth-order valence-corrected chi connectivity index (χ4v) is 3.48. The van der Waals surface area contributed by atoms with Crippen molar-refractivity contribution < 1.29 is 4.79 Å². The first kappa shape index (κ1) is 19.7. The van der Waals surface area contributed by atoms with Crippen molar-refractivity contribution in [2.75, 3.05) is 5.32 Å². The van der Waals surface area contributed by atoms with E-state index in [1.807, 2.05) is 38.1 Å². The highest BCUT2D eigenvalue weighted by atomic mass is 35.5. The molecule has 0 unspecified atom stereocenters. The molecule has 0 fully saturated rings. The number of nitrogens with zero attached hydrogens (tertiary/aromatic N) is 2. The zero-order valence-electron chi connectivity index (χ0n) is 16.5. The number of rotatable bonds is 5. The second-order valence-corrected chi connectivity index (χ2v) is 7.45. The van der Waals surface area contributed by atoms with Crippen molar-refractivity contribution in [2.45, 2.75) is 20.4 Å². The number of fused-ring (bicyclic) bond motifs is 1. The van der Waals surface area contributed by atoms with Crippen LogP contribution >= 0.6 is 11.6 Å². The molecule has 0 saturated heterocycles. The maximum atomic E-state index is 12.3. The molecule has 0 radical (unpaired) electrons. The lowest BCUT2D eigenvalue weighted by molar-refractivity contribution is -0.111. The quantitative estimate of drug-likeness (QED) is 0.424. The Bertz CT molecular complexity index is 1310. The number of aromatic nitrogens is 4. The van der Waals surface area contributed by atoms with E-state index in [1.165, 1.54) is 11.6 Å². The number of hydrogen-bond acceptors (Lipinski definition) is 3. The molecule has 0 spiro atoms. The largest absolute Gasteiger partial charge is 0.323 e. The highest BCUT2D eigenvalue weighted by Gasteiger charge is 2.12. The Hall–Kier alpha value is -3.58. The zero-order chi connectivity index (χ0) is 21.3. The summed E-state index contributed by atoms with van der Waals surface area (Å²) >= 11 is 6.50. The summed E-state index contributed by atoms with van der Waals surface area (Å²) in [5.41, 5.74) is 5.31. The molecular formula is C22H20ClN5O2. The van der Waals surface area contributed by atoms with Crippen molar-refractivity contribution in [3.63, 3.8) is 0 Å². The van der Waals surface area contributed by atoms with E-state index in [0.717, 1.165) is 11.3 Å². The number of aromatic amines is 2. The monoisotopic (exact) mass is 421 g/mol. The van der Waals surface area contributed by atoms with Gasteiger partial charge in [-0.15, -0.1) is 0 Å². The highest BCUT2D eigenvalue weighted by Crippen LogP contribution is 2.23. The molecule has 2 aromatic heterocycles. The summed E-state index contributed by atoms with van der Waals surface area (Å²) in [6.07, 6.45) is 3.07. The van der Waals surface area contributed by atoms with Gasteiger partial charge in [0.2, 0.25) is 5.91 Å². The van der Waals surface area contributed by atoms with Gasteiger partial charge >= 0.3 is 5.69 Å². The average molecular weight is 422 g/mol. The van der Waals surface area contributed by atoms with Gasteiger partial charge < -0.3 is 15.3 Å². The van der Waals surface area contributed by atoms with Crippen LogP contribution < -0.4 is 11.0 Å². The number of imidazole rings is 1. The molecule has 4 aromatic rings. The summed E-state index contributed by atoms with van der Waals surface area (Å²) in [5, 5.41) is 7.74. The second kappa shape index (κ2) is 8.04. The molecule has 2 heterocycles. The molecule has 4 rings (SSSR count). The van der Waals surface area contributed by atoms with Crippen molar-refractivity contribution >= 4 is 40.3 Å². The smallest absolute Gasteiger partial charge is 0.322 e. The van der Waals surface area contributed by atoms with Gasteiger partial charge in [-0.2, -0.15) is 5.10 Å². The molecule has 1 amide bonds. The van der Waals surface area contributed by atoms with Gasteiger partial charge in [-0.25, -0.2) is 9.48 Å².